The first-order chi connectivity index (χ1) is 14.0. The van der Waals surface area contributed by atoms with Crippen LogP contribution in [0, 0.1) is 0 Å². The normalized spacial score (nSPS) is 12.0. The van der Waals surface area contributed by atoms with E-state index in [9.17, 15) is 14.4 Å². The number of pyridine rings is 1. The fourth-order valence-corrected chi connectivity index (χ4v) is 3.15. The van der Waals surface area contributed by atoms with Crippen molar-refractivity contribution >= 4 is 33.7 Å². The maximum absolute atomic E-state index is 12.4. The average molecular weight is 390 g/mol. The summed E-state index contributed by atoms with van der Waals surface area (Å²) in [6.45, 7) is 1.31. The smallest absolute Gasteiger partial charge is 0.339 e. The summed E-state index contributed by atoms with van der Waals surface area (Å²) >= 11 is 0. The number of amides is 1. The molecule has 0 aliphatic rings. The lowest BCUT2D eigenvalue weighted by Crippen LogP contribution is -2.31. The van der Waals surface area contributed by atoms with Crippen LogP contribution in [0.4, 0.5) is 0 Å². The minimum absolute atomic E-state index is 0.113. The molecule has 2 aromatic heterocycles. The molecule has 0 radical (unpaired) electrons. The quantitative estimate of drug-likeness (QED) is 0.509. The topological polar surface area (TPSA) is 101 Å². The van der Waals surface area contributed by atoms with Crippen molar-refractivity contribution in [2.45, 2.75) is 13.0 Å². The van der Waals surface area contributed by atoms with Crippen LogP contribution >= 0.6 is 0 Å². The Labute approximate surface area is 165 Å². The van der Waals surface area contributed by atoms with E-state index in [4.69, 9.17) is 9.15 Å². The number of furan rings is 1. The minimum Gasteiger partial charge on any atom is -0.459 e. The summed E-state index contributed by atoms with van der Waals surface area (Å²) < 4.78 is 10.8. The number of ether oxygens (including phenoxy) is 1. The number of carbonyl (C=O) groups is 2. The summed E-state index contributed by atoms with van der Waals surface area (Å²) in [6.07, 6.45) is 0. The van der Waals surface area contributed by atoms with E-state index in [-0.39, 0.29) is 5.56 Å². The molecular weight excluding hydrogens is 372 g/mol. The molecule has 29 heavy (non-hydrogen) atoms. The number of para-hydroxylation sites is 2. The van der Waals surface area contributed by atoms with E-state index in [1.165, 1.54) is 6.07 Å². The van der Waals surface area contributed by atoms with Crippen molar-refractivity contribution in [1.82, 2.24) is 10.3 Å². The number of H-pyrrole nitrogens is 1. The molecule has 1 amide bonds. The highest BCUT2D eigenvalue weighted by atomic mass is 16.5. The van der Waals surface area contributed by atoms with Crippen LogP contribution in [0.3, 0.4) is 0 Å². The minimum atomic E-state index is -0.737. The second kappa shape index (κ2) is 7.63. The number of esters is 1. The van der Waals surface area contributed by atoms with Gasteiger partial charge in [-0.25, -0.2) is 4.79 Å². The maximum atomic E-state index is 12.4. The number of benzene rings is 2. The van der Waals surface area contributed by atoms with E-state index in [1.807, 2.05) is 30.3 Å². The summed E-state index contributed by atoms with van der Waals surface area (Å²) in [5, 5.41) is 4.22. The van der Waals surface area contributed by atoms with E-state index in [1.54, 1.807) is 31.2 Å². The summed E-state index contributed by atoms with van der Waals surface area (Å²) in [4.78, 5) is 39.0. The zero-order valence-corrected chi connectivity index (χ0v) is 15.6. The van der Waals surface area contributed by atoms with Gasteiger partial charge < -0.3 is 19.5 Å². The molecule has 1 atom stereocenters. The van der Waals surface area contributed by atoms with E-state index in [0.717, 1.165) is 11.0 Å². The third-order valence-electron chi connectivity index (χ3n) is 4.55. The molecular formula is C22H18N2O5. The number of nitrogens with one attached hydrogen (secondary N) is 2. The van der Waals surface area contributed by atoms with Gasteiger partial charge in [0.2, 0.25) is 5.56 Å². The molecule has 0 bridgehead atoms. The van der Waals surface area contributed by atoms with Gasteiger partial charge >= 0.3 is 5.97 Å². The van der Waals surface area contributed by atoms with E-state index >= 15 is 0 Å². The highest BCUT2D eigenvalue weighted by molar-refractivity contribution is 6.03. The number of rotatable bonds is 5. The van der Waals surface area contributed by atoms with Crippen molar-refractivity contribution < 1.29 is 18.7 Å². The van der Waals surface area contributed by atoms with Crippen LogP contribution in [0.5, 0.6) is 0 Å². The standard InChI is InChI=1S/C22H18N2O5/c1-13(19-10-14-6-2-5-9-18(14)29-19)23-21(26)12-28-22(27)16-11-20(25)24-17-8-4-3-7-15(16)17/h2-11,13H,12H2,1H3,(H,23,26)(H,24,25)/t13-/m0/s1. The summed E-state index contributed by atoms with van der Waals surface area (Å²) in [5.41, 5.74) is 0.951. The Kier molecular flexibility index (Phi) is 4.87. The van der Waals surface area contributed by atoms with Crippen LogP contribution in [-0.4, -0.2) is 23.5 Å². The van der Waals surface area contributed by atoms with Crippen molar-refractivity contribution in [2.24, 2.45) is 0 Å². The molecule has 146 valence electrons. The molecule has 0 fully saturated rings. The van der Waals surface area contributed by atoms with Crippen LogP contribution in [0.2, 0.25) is 0 Å². The molecule has 0 aliphatic carbocycles. The zero-order valence-electron chi connectivity index (χ0n) is 15.6. The summed E-state index contributed by atoms with van der Waals surface area (Å²) in [6, 6.07) is 17.1. The van der Waals surface area contributed by atoms with Gasteiger partial charge in [0.15, 0.2) is 6.61 Å². The average Bonchev–Trinajstić information content (AvgIpc) is 3.16. The molecule has 4 aromatic rings. The molecule has 7 heteroatoms. The zero-order chi connectivity index (χ0) is 20.4. The number of aromatic nitrogens is 1. The van der Waals surface area contributed by atoms with Crippen LogP contribution in [0.25, 0.3) is 21.9 Å². The van der Waals surface area contributed by atoms with Gasteiger partial charge in [0.05, 0.1) is 11.6 Å². The third-order valence-corrected chi connectivity index (χ3v) is 4.55. The monoisotopic (exact) mass is 390 g/mol. The van der Waals surface area contributed by atoms with Gasteiger partial charge in [0.25, 0.3) is 5.91 Å². The second-order valence-corrected chi connectivity index (χ2v) is 6.64. The van der Waals surface area contributed by atoms with E-state index in [2.05, 4.69) is 10.3 Å². The Morgan fingerprint density at radius 2 is 1.86 bits per heavy atom. The lowest BCUT2D eigenvalue weighted by Gasteiger charge is -2.12. The highest BCUT2D eigenvalue weighted by Gasteiger charge is 2.17. The van der Waals surface area contributed by atoms with Crippen molar-refractivity contribution in [3.63, 3.8) is 0 Å². The molecule has 0 unspecified atom stereocenters. The van der Waals surface area contributed by atoms with Crippen molar-refractivity contribution in [1.29, 1.82) is 0 Å². The predicted molar refractivity (Wildman–Crippen MR) is 108 cm³/mol. The number of aromatic amines is 1. The Morgan fingerprint density at radius 1 is 1.10 bits per heavy atom. The van der Waals surface area contributed by atoms with Crippen molar-refractivity contribution in [3.8, 4) is 0 Å². The van der Waals surface area contributed by atoms with Gasteiger partial charge in [-0.3, -0.25) is 9.59 Å². The Balaban J connectivity index is 1.42. The molecule has 2 aromatic carbocycles. The number of fused-ring (bicyclic) bond motifs is 2. The van der Waals surface area contributed by atoms with Crippen molar-refractivity contribution in [3.05, 3.63) is 82.3 Å². The molecule has 7 nitrogen and oxygen atoms in total. The lowest BCUT2D eigenvalue weighted by atomic mass is 10.1. The molecule has 0 spiro atoms. The molecule has 4 rings (SSSR count). The molecule has 2 heterocycles. The second-order valence-electron chi connectivity index (χ2n) is 6.64. The molecule has 0 saturated carbocycles. The van der Waals surface area contributed by atoms with Crippen LogP contribution in [0.15, 0.2) is 69.9 Å². The molecule has 0 aliphatic heterocycles. The summed E-state index contributed by atoms with van der Waals surface area (Å²) in [7, 11) is 0. The first-order valence-electron chi connectivity index (χ1n) is 9.08. The third kappa shape index (κ3) is 3.89. The van der Waals surface area contributed by atoms with Gasteiger partial charge in [-0.2, -0.15) is 0 Å². The summed E-state index contributed by atoms with van der Waals surface area (Å²) in [5.74, 6) is -0.606. The van der Waals surface area contributed by atoms with Crippen LogP contribution < -0.4 is 10.9 Å². The fraction of sp³-hybridized carbons (Fsp3) is 0.136. The molecule has 0 saturated heterocycles. The number of carbonyl (C=O) groups excluding carboxylic acids is 2. The van der Waals surface area contributed by atoms with Gasteiger partial charge in [-0.05, 0) is 25.1 Å². The Hall–Kier alpha value is -3.87. The Morgan fingerprint density at radius 3 is 2.69 bits per heavy atom. The van der Waals surface area contributed by atoms with Gasteiger partial charge in [-0.1, -0.05) is 36.4 Å². The van der Waals surface area contributed by atoms with Crippen molar-refractivity contribution in [2.75, 3.05) is 6.61 Å². The lowest BCUT2D eigenvalue weighted by molar-refractivity contribution is -0.125. The van der Waals surface area contributed by atoms with Gasteiger partial charge in [0, 0.05) is 22.4 Å². The van der Waals surface area contributed by atoms with Gasteiger partial charge in [-0.15, -0.1) is 0 Å². The van der Waals surface area contributed by atoms with E-state index < -0.39 is 30.1 Å². The fourth-order valence-electron chi connectivity index (χ4n) is 3.15. The largest absolute Gasteiger partial charge is 0.459 e. The van der Waals surface area contributed by atoms with Crippen LogP contribution in [0.1, 0.15) is 29.1 Å². The molecule has 2 N–H and O–H groups in total. The highest BCUT2D eigenvalue weighted by Crippen LogP contribution is 2.23. The van der Waals surface area contributed by atoms with Gasteiger partial charge in [0.1, 0.15) is 11.3 Å². The first kappa shape index (κ1) is 18.5. The Bertz CT molecular complexity index is 1240. The van der Waals surface area contributed by atoms with E-state index in [0.29, 0.717) is 16.7 Å². The number of hydrogen-bond acceptors (Lipinski definition) is 5. The number of hydrogen-bond donors (Lipinski definition) is 2. The SMILES string of the molecule is C[C@H](NC(=O)COC(=O)c1cc(=O)[nH]c2ccccc12)c1cc2ccccc2o1. The predicted octanol–water partition coefficient (Wildman–Crippen LogP) is 3.31. The first-order valence-corrected chi connectivity index (χ1v) is 9.08. The van der Waals surface area contributed by atoms with Crippen LogP contribution in [-0.2, 0) is 9.53 Å². The maximum Gasteiger partial charge on any atom is 0.339 e.